The molecule has 0 bridgehead atoms. The molecule has 4 heteroatoms. The monoisotopic (exact) mass is 361 g/mol. The number of para-hydroxylation sites is 1. The lowest BCUT2D eigenvalue weighted by Crippen LogP contribution is -2.42. The summed E-state index contributed by atoms with van der Waals surface area (Å²) in [4.78, 5) is 15.2. The van der Waals surface area contributed by atoms with Crippen LogP contribution in [0, 0.1) is 5.92 Å². The van der Waals surface area contributed by atoms with E-state index in [0.29, 0.717) is 5.92 Å². The molecule has 1 amide bonds. The van der Waals surface area contributed by atoms with E-state index in [2.05, 4.69) is 47.9 Å². The molecule has 1 atom stereocenters. The SMILES string of the molecule is CC(N)C1CCN(C(=O)c2cn(Cc3ccccc3)c3ccccc23)CC1. The Morgan fingerprint density at radius 1 is 1.07 bits per heavy atom. The quantitative estimate of drug-likeness (QED) is 0.766. The molecule has 1 aliphatic heterocycles. The van der Waals surface area contributed by atoms with E-state index in [-0.39, 0.29) is 11.9 Å². The summed E-state index contributed by atoms with van der Waals surface area (Å²) in [5.41, 5.74) is 9.19. The van der Waals surface area contributed by atoms with E-state index in [1.807, 2.05) is 29.3 Å². The summed E-state index contributed by atoms with van der Waals surface area (Å²) < 4.78 is 2.19. The second-order valence-corrected chi connectivity index (χ2v) is 7.66. The van der Waals surface area contributed by atoms with Gasteiger partial charge in [0.1, 0.15) is 0 Å². The Bertz CT molecular complexity index is 921. The number of carbonyl (C=O) groups is 1. The first-order chi connectivity index (χ1) is 13.1. The molecule has 3 aromatic rings. The Balaban J connectivity index is 1.61. The highest BCUT2D eigenvalue weighted by molar-refractivity contribution is 6.07. The van der Waals surface area contributed by atoms with Crippen molar-refractivity contribution >= 4 is 16.8 Å². The molecule has 4 rings (SSSR count). The maximum absolute atomic E-state index is 13.2. The van der Waals surface area contributed by atoms with E-state index < -0.39 is 0 Å². The molecular formula is C23H27N3O. The number of hydrogen-bond acceptors (Lipinski definition) is 2. The summed E-state index contributed by atoms with van der Waals surface area (Å²) in [5.74, 6) is 0.662. The molecule has 2 aromatic carbocycles. The zero-order valence-corrected chi connectivity index (χ0v) is 15.8. The second kappa shape index (κ2) is 7.57. The van der Waals surface area contributed by atoms with Crippen molar-refractivity contribution in [2.75, 3.05) is 13.1 Å². The maximum atomic E-state index is 13.2. The summed E-state index contributed by atoms with van der Waals surface area (Å²) in [7, 11) is 0. The number of fused-ring (bicyclic) bond motifs is 1. The van der Waals surface area contributed by atoms with E-state index in [4.69, 9.17) is 5.73 Å². The third-order valence-electron chi connectivity index (χ3n) is 5.79. The van der Waals surface area contributed by atoms with Crippen molar-refractivity contribution in [3.8, 4) is 0 Å². The van der Waals surface area contributed by atoms with Gasteiger partial charge in [0.15, 0.2) is 0 Å². The maximum Gasteiger partial charge on any atom is 0.256 e. The van der Waals surface area contributed by atoms with E-state index in [9.17, 15) is 4.79 Å². The number of piperidine rings is 1. The molecule has 1 aromatic heterocycles. The highest BCUT2D eigenvalue weighted by atomic mass is 16.2. The van der Waals surface area contributed by atoms with Crippen LogP contribution >= 0.6 is 0 Å². The van der Waals surface area contributed by atoms with Gasteiger partial charge in [-0.2, -0.15) is 0 Å². The normalized spacial score (nSPS) is 16.6. The molecule has 1 saturated heterocycles. The molecule has 0 aliphatic carbocycles. The van der Waals surface area contributed by atoms with Gasteiger partial charge in [-0.25, -0.2) is 0 Å². The van der Waals surface area contributed by atoms with Gasteiger partial charge in [0.05, 0.1) is 5.56 Å². The van der Waals surface area contributed by atoms with Gasteiger partial charge in [-0.05, 0) is 37.3 Å². The van der Waals surface area contributed by atoms with Crippen LogP contribution < -0.4 is 5.73 Å². The number of amides is 1. The third kappa shape index (κ3) is 3.62. The molecule has 1 unspecified atom stereocenters. The van der Waals surface area contributed by atoms with Gasteiger partial charge in [0, 0.05) is 42.8 Å². The first-order valence-electron chi connectivity index (χ1n) is 9.80. The van der Waals surface area contributed by atoms with E-state index in [1.165, 1.54) is 5.56 Å². The fraction of sp³-hybridized carbons (Fsp3) is 0.348. The Hall–Kier alpha value is -2.59. The Morgan fingerprint density at radius 3 is 2.44 bits per heavy atom. The van der Waals surface area contributed by atoms with E-state index >= 15 is 0 Å². The predicted molar refractivity (Wildman–Crippen MR) is 110 cm³/mol. The number of aromatic nitrogens is 1. The van der Waals surface area contributed by atoms with Crippen LogP contribution in [0.25, 0.3) is 10.9 Å². The number of hydrogen-bond donors (Lipinski definition) is 1. The second-order valence-electron chi connectivity index (χ2n) is 7.66. The minimum absolute atomic E-state index is 0.140. The van der Waals surface area contributed by atoms with E-state index in [1.54, 1.807) is 0 Å². The summed E-state index contributed by atoms with van der Waals surface area (Å²) in [5, 5.41) is 1.03. The van der Waals surface area contributed by atoms with Crippen LogP contribution in [0.5, 0.6) is 0 Å². The van der Waals surface area contributed by atoms with Gasteiger partial charge < -0.3 is 15.2 Å². The number of rotatable bonds is 4. The van der Waals surface area contributed by atoms with Crippen molar-refractivity contribution in [2.24, 2.45) is 11.7 Å². The largest absolute Gasteiger partial charge is 0.342 e. The molecule has 0 spiro atoms. The average Bonchev–Trinajstić information content (AvgIpc) is 3.07. The molecular weight excluding hydrogens is 334 g/mol. The van der Waals surface area contributed by atoms with Crippen molar-refractivity contribution in [3.05, 3.63) is 71.9 Å². The summed E-state index contributed by atoms with van der Waals surface area (Å²) >= 11 is 0. The van der Waals surface area contributed by atoms with Crippen LogP contribution in [0.4, 0.5) is 0 Å². The first-order valence-corrected chi connectivity index (χ1v) is 9.80. The molecule has 1 fully saturated rings. The zero-order chi connectivity index (χ0) is 18.8. The highest BCUT2D eigenvalue weighted by Gasteiger charge is 2.27. The van der Waals surface area contributed by atoms with Gasteiger partial charge in [-0.1, -0.05) is 48.5 Å². The van der Waals surface area contributed by atoms with E-state index in [0.717, 1.165) is 48.9 Å². The van der Waals surface area contributed by atoms with Crippen LogP contribution in [-0.4, -0.2) is 34.5 Å². The van der Waals surface area contributed by atoms with Crippen LogP contribution in [0.1, 0.15) is 35.7 Å². The minimum Gasteiger partial charge on any atom is -0.342 e. The predicted octanol–water partition coefficient (Wildman–Crippen LogP) is 3.89. The number of likely N-dealkylation sites (tertiary alicyclic amines) is 1. The van der Waals surface area contributed by atoms with Gasteiger partial charge in [0.25, 0.3) is 5.91 Å². The van der Waals surface area contributed by atoms with Gasteiger partial charge in [0.2, 0.25) is 0 Å². The Kier molecular flexibility index (Phi) is 4.99. The fourth-order valence-corrected chi connectivity index (χ4v) is 4.13. The number of carbonyl (C=O) groups excluding carboxylic acids is 1. The average molecular weight is 361 g/mol. The zero-order valence-electron chi connectivity index (χ0n) is 15.8. The number of nitrogens with two attached hydrogens (primary N) is 1. The van der Waals surface area contributed by atoms with Crippen LogP contribution in [0.15, 0.2) is 60.8 Å². The Morgan fingerprint density at radius 2 is 1.74 bits per heavy atom. The molecule has 1 aliphatic rings. The fourth-order valence-electron chi connectivity index (χ4n) is 4.13. The topological polar surface area (TPSA) is 51.3 Å². The molecule has 0 saturated carbocycles. The van der Waals surface area contributed by atoms with Gasteiger partial charge >= 0.3 is 0 Å². The molecule has 27 heavy (non-hydrogen) atoms. The molecule has 4 nitrogen and oxygen atoms in total. The number of nitrogens with zero attached hydrogens (tertiary/aromatic N) is 2. The van der Waals surface area contributed by atoms with Crippen LogP contribution in [-0.2, 0) is 6.54 Å². The van der Waals surface area contributed by atoms with Crippen molar-refractivity contribution in [2.45, 2.75) is 32.4 Å². The summed E-state index contributed by atoms with van der Waals surface area (Å²) in [6.45, 7) is 4.42. The van der Waals surface area contributed by atoms with Crippen molar-refractivity contribution in [1.82, 2.24) is 9.47 Å². The molecule has 2 heterocycles. The minimum atomic E-state index is 0.140. The molecule has 2 N–H and O–H groups in total. The highest BCUT2D eigenvalue weighted by Crippen LogP contribution is 2.26. The summed E-state index contributed by atoms with van der Waals surface area (Å²) in [6.07, 6.45) is 4.01. The Labute approximate surface area is 160 Å². The van der Waals surface area contributed by atoms with Gasteiger partial charge in [-0.3, -0.25) is 4.79 Å². The van der Waals surface area contributed by atoms with Crippen molar-refractivity contribution in [3.63, 3.8) is 0 Å². The van der Waals surface area contributed by atoms with Crippen LogP contribution in [0.2, 0.25) is 0 Å². The lowest BCUT2D eigenvalue weighted by Gasteiger charge is -2.33. The summed E-state index contributed by atoms with van der Waals surface area (Å²) in [6, 6.07) is 18.8. The lowest BCUT2D eigenvalue weighted by molar-refractivity contribution is 0.0683. The van der Waals surface area contributed by atoms with Crippen molar-refractivity contribution < 1.29 is 4.79 Å². The standard InChI is InChI=1S/C23H27N3O/c1-17(24)19-11-13-25(14-12-19)23(27)21-16-26(15-18-7-3-2-4-8-18)22-10-6-5-9-20(21)22/h2-10,16-17,19H,11-15,24H2,1H3. The first kappa shape index (κ1) is 17.8. The van der Waals surface area contributed by atoms with Gasteiger partial charge in [-0.15, -0.1) is 0 Å². The lowest BCUT2D eigenvalue weighted by atomic mass is 9.90. The molecule has 140 valence electrons. The third-order valence-corrected chi connectivity index (χ3v) is 5.79. The van der Waals surface area contributed by atoms with Crippen molar-refractivity contribution in [1.29, 1.82) is 0 Å². The molecule has 0 radical (unpaired) electrons. The smallest absolute Gasteiger partial charge is 0.256 e. The van der Waals surface area contributed by atoms with Crippen LogP contribution in [0.3, 0.4) is 0 Å². The number of benzene rings is 2.